The average molecular weight is 373 g/mol. The molecule has 3 N–H and O–H groups in total. The van der Waals surface area contributed by atoms with Gasteiger partial charge in [0, 0.05) is 32.3 Å². The molecule has 0 spiro atoms. The summed E-state index contributed by atoms with van der Waals surface area (Å²) in [5.74, 6) is -2.78. The summed E-state index contributed by atoms with van der Waals surface area (Å²) in [5.41, 5.74) is 10.4. The van der Waals surface area contributed by atoms with Gasteiger partial charge in [0.15, 0.2) is 0 Å². The van der Waals surface area contributed by atoms with Crippen LogP contribution in [0.2, 0.25) is 0 Å². The van der Waals surface area contributed by atoms with Crippen molar-refractivity contribution in [1.82, 2.24) is 14.9 Å². The zero-order chi connectivity index (χ0) is 20.0. The highest BCUT2D eigenvalue weighted by atomic mass is 16.4. The molecule has 2 aromatic heterocycles. The third-order valence-corrected chi connectivity index (χ3v) is 4.03. The largest absolute Gasteiger partial charge is 0.480 e. The number of carbonyl (C=O) groups is 3. The molecule has 10 nitrogen and oxygen atoms in total. The van der Waals surface area contributed by atoms with Crippen LogP contribution in [0.4, 0.5) is 0 Å². The lowest BCUT2D eigenvalue weighted by molar-refractivity contribution is -0.143. The fourth-order valence-corrected chi connectivity index (χ4v) is 2.68. The number of nitrogens with zero attached hydrogens (tertiary/aromatic N) is 4. The average Bonchev–Trinajstić information content (AvgIpc) is 2.94. The van der Waals surface area contributed by atoms with Gasteiger partial charge < -0.3 is 25.6 Å². The summed E-state index contributed by atoms with van der Waals surface area (Å²) < 4.78 is 1.82. The second-order valence-electron chi connectivity index (χ2n) is 6.01. The summed E-state index contributed by atoms with van der Waals surface area (Å²) in [6.07, 6.45) is 2.06. The van der Waals surface area contributed by atoms with E-state index in [1.54, 1.807) is 18.5 Å². The molecule has 0 unspecified atom stereocenters. The lowest BCUT2D eigenvalue weighted by Gasteiger charge is -2.16. The Morgan fingerprint density at radius 3 is 2.85 bits per heavy atom. The number of aromatic nitrogens is 2. The van der Waals surface area contributed by atoms with Crippen molar-refractivity contribution in [2.75, 3.05) is 0 Å². The van der Waals surface area contributed by atoms with Crippen LogP contribution in [0.3, 0.4) is 0 Å². The van der Waals surface area contributed by atoms with Crippen molar-refractivity contribution in [3.05, 3.63) is 35.6 Å². The van der Waals surface area contributed by atoms with Crippen molar-refractivity contribution in [3.8, 4) is 0 Å². The minimum atomic E-state index is -1.48. The number of pyridine rings is 1. The van der Waals surface area contributed by atoms with E-state index in [2.05, 4.69) is 15.1 Å². The molecule has 0 aliphatic rings. The molecule has 0 fully saturated rings. The number of rotatable bonds is 9. The summed E-state index contributed by atoms with van der Waals surface area (Å²) in [5, 5.41) is 21.6. The first-order chi connectivity index (χ1) is 12.8. The molecule has 0 saturated heterocycles. The van der Waals surface area contributed by atoms with Crippen molar-refractivity contribution >= 4 is 34.9 Å². The van der Waals surface area contributed by atoms with Gasteiger partial charge >= 0.3 is 12.2 Å². The number of fused-ring (bicyclic) bond motifs is 1. The topological polar surface area (TPSA) is 158 Å². The molecule has 27 heavy (non-hydrogen) atoms. The Hall–Kier alpha value is -3.36. The molecule has 2 aromatic rings. The maximum Gasteiger partial charge on any atom is 0.326 e. The molecule has 10 heteroatoms. The van der Waals surface area contributed by atoms with Crippen molar-refractivity contribution in [2.24, 2.45) is 7.05 Å². The smallest absolute Gasteiger partial charge is 0.326 e. The van der Waals surface area contributed by atoms with Crippen molar-refractivity contribution in [2.45, 2.75) is 31.4 Å². The Morgan fingerprint density at radius 1 is 1.44 bits per heavy atom. The summed E-state index contributed by atoms with van der Waals surface area (Å²) in [6.45, 7) is 0. The van der Waals surface area contributed by atoms with Crippen LogP contribution in [0.5, 0.6) is 0 Å². The van der Waals surface area contributed by atoms with Crippen LogP contribution in [0.25, 0.3) is 16.6 Å². The zero-order valence-electron chi connectivity index (χ0n) is 14.6. The molecule has 2 atom stereocenters. The number of aryl methyl sites for hydroxylation is 1. The van der Waals surface area contributed by atoms with E-state index in [9.17, 15) is 24.6 Å². The molecule has 1 amide bonds. The van der Waals surface area contributed by atoms with E-state index in [-0.39, 0.29) is 19.3 Å². The number of nitrogens with one attached hydrogen (secondary N) is 1. The van der Waals surface area contributed by atoms with E-state index < -0.39 is 29.8 Å². The summed E-state index contributed by atoms with van der Waals surface area (Å²) in [6, 6.07) is 2.27. The molecule has 0 aliphatic carbocycles. The first-order valence-corrected chi connectivity index (χ1v) is 8.14. The zero-order valence-corrected chi connectivity index (χ0v) is 14.6. The Labute approximate surface area is 154 Å². The highest BCUT2D eigenvalue weighted by Crippen LogP contribution is 2.19. The van der Waals surface area contributed by atoms with Crippen LogP contribution >= 0.6 is 0 Å². The molecular weight excluding hydrogens is 354 g/mol. The van der Waals surface area contributed by atoms with Crippen LogP contribution in [-0.4, -0.2) is 60.6 Å². The molecule has 0 bridgehead atoms. The Bertz CT molecular complexity index is 916. The molecule has 0 aromatic carbocycles. The van der Waals surface area contributed by atoms with Crippen LogP contribution in [0.1, 0.15) is 18.4 Å². The fraction of sp³-hybridized carbons (Fsp3) is 0.353. The van der Waals surface area contributed by atoms with Crippen LogP contribution in [0.15, 0.2) is 24.5 Å². The van der Waals surface area contributed by atoms with Crippen LogP contribution < -0.4 is 5.32 Å². The first-order valence-electron chi connectivity index (χ1n) is 8.14. The number of carboxylic acid groups (broad SMARTS) is 1. The lowest BCUT2D eigenvalue weighted by Crippen LogP contribution is -2.46. The number of carboxylic acids is 1. The molecule has 2 heterocycles. The number of Topliss-reactive ketones (excluding diaryl/α,β-unsaturated/α-hetero) is 1. The quantitative estimate of drug-likeness (QED) is 0.311. The van der Waals surface area contributed by atoms with Gasteiger partial charge in [0.05, 0.1) is 11.0 Å². The minimum Gasteiger partial charge on any atom is -0.480 e. The van der Waals surface area contributed by atoms with Gasteiger partial charge in [-0.3, -0.25) is 14.6 Å². The van der Waals surface area contributed by atoms with E-state index in [1.807, 2.05) is 17.7 Å². The number of aliphatic hydroxyl groups is 1. The number of ketones is 1. The van der Waals surface area contributed by atoms with Gasteiger partial charge in [-0.2, -0.15) is 4.79 Å². The summed E-state index contributed by atoms with van der Waals surface area (Å²) in [7, 11) is 1.81. The second-order valence-corrected chi connectivity index (χ2v) is 6.01. The lowest BCUT2D eigenvalue weighted by atomic mass is 10.1. The van der Waals surface area contributed by atoms with E-state index in [0.717, 1.165) is 5.52 Å². The number of aliphatic hydroxyl groups excluding tert-OH is 1. The highest BCUT2D eigenvalue weighted by molar-refractivity contribution is 6.25. The molecule has 2 rings (SSSR count). The molecule has 142 valence electrons. The molecular formula is C17H19N5O5. The standard InChI is InChI=1S/C17H19N5O5/c1-22-9-10(15-13(22)3-2-6-19-15)7-14(24)16(25)21-12(17(26)27)5-4-11(23)8-20-18/h2-3,6,8-9,12,14,24H,4-5,7H2,1H3,(H,21,25)(H,26,27)/t12-,14-/m0/s1. The number of carbonyl (C=O) groups excluding carboxylic acids is 2. The Kier molecular flexibility index (Phi) is 6.53. The SMILES string of the molecule is Cn1cc(C[C@H](O)C(=O)N[C@@H](CCC(=O)C=[N+]=[N-])C(=O)O)c2ncccc21. The highest BCUT2D eigenvalue weighted by Gasteiger charge is 2.26. The Morgan fingerprint density at radius 2 is 2.19 bits per heavy atom. The third kappa shape index (κ3) is 5.06. The minimum absolute atomic E-state index is 0.0391. The summed E-state index contributed by atoms with van der Waals surface area (Å²) >= 11 is 0. The fourth-order valence-electron chi connectivity index (χ4n) is 2.68. The van der Waals surface area contributed by atoms with E-state index >= 15 is 0 Å². The van der Waals surface area contributed by atoms with Gasteiger partial charge in [-0.05, 0) is 24.1 Å². The van der Waals surface area contributed by atoms with Crippen LogP contribution in [-0.2, 0) is 27.9 Å². The number of hydrogen-bond acceptors (Lipinski definition) is 5. The molecule has 0 aliphatic heterocycles. The normalized spacial score (nSPS) is 12.8. The van der Waals surface area contributed by atoms with Gasteiger partial charge in [-0.15, -0.1) is 0 Å². The van der Waals surface area contributed by atoms with E-state index in [0.29, 0.717) is 17.3 Å². The second kappa shape index (κ2) is 8.84. The van der Waals surface area contributed by atoms with Gasteiger partial charge in [0.25, 0.3) is 0 Å². The van der Waals surface area contributed by atoms with Gasteiger partial charge in [-0.1, -0.05) is 0 Å². The van der Waals surface area contributed by atoms with E-state index in [1.165, 1.54) is 0 Å². The van der Waals surface area contributed by atoms with Crippen molar-refractivity contribution in [3.63, 3.8) is 0 Å². The number of amides is 1. The number of aliphatic carboxylic acids is 1. The third-order valence-electron chi connectivity index (χ3n) is 4.03. The van der Waals surface area contributed by atoms with Gasteiger partial charge in [0.1, 0.15) is 12.1 Å². The maximum absolute atomic E-state index is 12.2. The monoisotopic (exact) mass is 373 g/mol. The van der Waals surface area contributed by atoms with Crippen molar-refractivity contribution < 1.29 is 29.4 Å². The molecule has 0 saturated carbocycles. The predicted molar refractivity (Wildman–Crippen MR) is 93.9 cm³/mol. The summed E-state index contributed by atoms with van der Waals surface area (Å²) in [4.78, 5) is 41.5. The van der Waals surface area contributed by atoms with Crippen molar-refractivity contribution in [1.29, 1.82) is 0 Å². The predicted octanol–water partition coefficient (Wildman–Crippen LogP) is -0.304. The maximum atomic E-state index is 12.2. The van der Waals surface area contributed by atoms with Crippen LogP contribution in [0, 0.1) is 0 Å². The Balaban J connectivity index is 2.03. The first kappa shape index (κ1) is 20.0. The van der Waals surface area contributed by atoms with Gasteiger partial charge in [0.2, 0.25) is 11.7 Å². The number of hydrogen-bond donors (Lipinski definition) is 3. The van der Waals surface area contributed by atoms with Gasteiger partial charge in [-0.25, -0.2) is 4.79 Å². The van der Waals surface area contributed by atoms with E-state index in [4.69, 9.17) is 5.53 Å². The molecule has 0 radical (unpaired) electrons.